The number of likely N-dealkylation sites (tertiary alicyclic amines) is 1. The fourth-order valence-corrected chi connectivity index (χ4v) is 3.69. The van der Waals surface area contributed by atoms with Crippen LogP contribution in [0.5, 0.6) is 0 Å². The molecule has 1 aliphatic heterocycles. The lowest BCUT2D eigenvalue weighted by atomic mass is 9.96. The number of nitrogens with two attached hydrogens (primary N) is 1. The molecule has 4 N–H and O–H groups in total. The Labute approximate surface area is 164 Å². The molecule has 0 radical (unpaired) electrons. The second-order valence-corrected chi connectivity index (χ2v) is 7.51. The second-order valence-electron chi connectivity index (χ2n) is 7.51. The van der Waals surface area contributed by atoms with Crippen molar-refractivity contribution in [3.05, 3.63) is 30.0 Å². The highest BCUT2D eigenvalue weighted by molar-refractivity contribution is 5.98. The van der Waals surface area contributed by atoms with E-state index >= 15 is 0 Å². The summed E-state index contributed by atoms with van der Waals surface area (Å²) in [5.74, 6) is 0.401. The number of benzene rings is 1. The molecule has 2 amide bonds. The van der Waals surface area contributed by atoms with Crippen molar-refractivity contribution in [3.63, 3.8) is 0 Å². The normalized spacial score (nSPS) is 20.8. The standard InChI is InChI=1S/C19H25N5O2.ClH/c20-16(12-3-4-12)10-21-18(25)14-2-1-7-24(11-14)19(26)13-5-6-17-15(8-13)9-22-23-17;/h5-6,8-9,12,14,16H,1-4,7,10-11,20H2,(H,21,25)(H,22,23);1H. The Kier molecular flexibility index (Phi) is 6.01. The van der Waals surface area contributed by atoms with Crippen molar-refractivity contribution in [2.45, 2.75) is 31.7 Å². The fraction of sp³-hybridized carbons (Fsp3) is 0.526. The van der Waals surface area contributed by atoms with E-state index in [4.69, 9.17) is 5.73 Å². The molecule has 2 fully saturated rings. The number of hydrogen-bond donors (Lipinski definition) is 3. The van der Waals surface area contributed by atoms with Gasteiger partial charge >= 0.3 is 0 Å². The minimum absolute atomic E-state index is 0. The quantitative estimate of drug-likeness (QED) is 0.721. The van der Waals surface area contributed by atoms with Crippen LogP contribution in [-0.4, -0.2) is 52.6 Å². The van der Waals surface area contributed by atoms with Crippen LogP contribution >= 0.6 is 12.4 Å². The number of rotatable bonds is 5. The minimum atomic E-state index is -0.156. The molecule has 2 heterocycles. The molecule has 7 nitrogen and oxygen atoms in total. The van der Waals surface area contributed by atoms with E-state index in [1.807, 2.05) is 12.1 Å². The van der Waals surface area contributed by atoms with E-state index in [1.165, 1.54) is 12.8 Å². The molecule has 0 bridgehead atoms. The summed E-state index contributed by atoms with van der Waals surface area (Å²) in [7, 11) is 0. The third kappa shape index (κ3) is 4.42. The van der Waals surface area contributed by atoms with Crippen molar-refractivity contribution in [2.75, 3.05) is 19.6 Å². The number of piperidine rings is 1. The van der Waals surface area contributed by atoms with E-state index in [1.54, 1.807) is 17.2 Å². The largest absolute Gasteiger partial charge is 0.354 e. The van der Waals surface area contributed by atoms with Gasteiger partial charge in [-0.05, 0) is 49.8 Å². The third-order valence-electron chi connectivity index (χ3n) is 5.51. The van der Waals surface area contributed by atoms with Gasteiger partial charge in [0.2, 0.25) is 5.91 Å². The van der Waals surface area contributed by atoms with Crippen molar-refractivity contribution in [3.8, 4) is 0 Å². The molecule has 2 aromatic rings. The first kappa shape index (κ1) is 19.6. The van der Waals surface area contributed by atoms with Crippen LogP contribution in [0.2, 0.25) is 0 Å². The van der Waals surface area contributed by atoms with Crippen molar-refractivity contribution in [1.29, 1.82) is 0 Å². The maximum absolute atomic E-state index is 12.8. The number of aromatic amines is 1. The molecule has 1 aromatic heterocycles. The molecule has 1 saturated heterocycles. The minimum Gasteiger partial charge on any atom is -0.354 e. The molecule has 0 spiro atoms. The van der Waals surface area contributed by atoms with Crippen molar-refractivity contribution in [1.82, 2.24) is 20.4 Å². The Balaban J connectivity index is 0.00000210. The highest BCUT2D eigenvalue weighted by atomic mass is 35.5. The average Bonchev–Trinajstić information content (AvgIpc) is 3.42. The zero-order valence-corrected chi connectivity index (χ0v) is 16.0. The van der Waals surface area contributed by atoms with Crippen molar-refractivity contribution in [2.24, 2.45) is 17.6 Å². The number of amides is 2. The lowest BCUT2D eigenvalue weighted by molar-refractivity contribution is -0.126. The fourth-order valence-electron chi connectivity index (χ4n) is 3.69. The van der Waals surface area contributed by atoms with Gasteiger partial charge < -0.3 is 16.0 Å². The molecule has 8 heteroatoms. The van der Waals surface area contributed by atoms with Crippen LogP contribution in [0, 0.1) is 11.8 Å². The maximum Gasteiger partial charge on any atom is 0.253 e. The summed E-state index contributed by atoms with van der Waals surface area (Å²) in [6.07, 6.45) is 5.71. The van der Waals surface area contributed by atoms with Gasteiger partial charge in [-0.25, -0.2) is 0 Å². The topological polar surface area (TPSA) is 104 Å². The Morgan fingerprint density at radius 1 is 1.33 bits per heavy atom. The lowest BCUT2D eigenvalue weighted by Crippen LogP contribution is -2.47. The lowest BCUT2D eigenvalue weighted by Gasteiger charge is -2.32. The maximum atomic E-state index is 12.8. The van der Waals surface area contributed by atoms with E-state index in [2.05, 4.69) is 15.5 Å². The molecule has 1 aromatic carbocycles. The first-order valence-electron chi connectivity index (χ1n) is 9.37. The number of carbonyl (C=O) groups is 2. The van der Waals surface area contributed by atoms with Gasteiger partial charge in [0.25, 0.3) is 5.91 Å². The number of nitrogens with zero attached hydrogens (tertiary/aromatic N) is 2. The third-order valence-corrected chi connectivity index (χ3v) is 5.51. The zero-order chi connectivity index (χ0) is 18.1. The molecular formula is C19H26ClN5O2. The monoisotopic (exact) mass is 391 g/mol. The van der Waals surface area contributed by atoms with Crippen LogP contribution in [0.15, 0.2) is 24.4 Å². The molecule has 1 saturated carbocycles. The Morgan fingerprint density at radius 2 is 2.15 bits per heavy atom. The van der Waals surface area contributed by atoms with Gasteiger partial charge in [0.15, 0.2) is 0 Å². The first-order chi connectivity index (χ1) is 12.6. The number of H-pyrrole nitrogens is 1. The summed E-state index contributed by atoms with van der Waals surface area (Å²) in [6.45, 7) is 1.69. The van der Waals surface area contributed by atoms with Crippen molar-refractivity contribution < 1.29 is 9.59 Å². The molecule has 4 rings (SSSR count). The number of hydrogen-bond acceptors (Lipinski definition) is 4. The van der Waals surface area contributed by atoms with Crippen LogP contribution in [-0.2, 0) is 4.79 Å². The second kappa shape index (κ2) is 8.27. The highest BCUT2D eigenvalue weighted by Gasteiger charge is 2.31. The highest BCUT2D eigenvalue weighted by Crippen LogP contribution is 2.31. The molecule has 146 valence electrons. The van der Waals surface area contributed by atoms with Crippen molar-refractivity contribution >= 4 is 35.1 Å². The average molecular weight is 392 g/mol. The summed E-state index contributed by atoms with van der Waals surface area (Å²) in [4.78, 5) is 27.1. The molecule has 2 unspecified atom stereocenters. The summed E-state index contributed by atoms with van der Waals surface area (Å²) in [5.41, 5.74) is 7.60. The van der Waals surface area contributed by atoms with E-state index in [0.717, 1.165) is 23.7 Å². The van der Waals surface area contributed by atoms with Gasteiger partial charge in [0.05, 0.1) is 17.6 Å². The summed E-state index contributed by atoms with van der Waals surface area (Å²) >= 11 is 0. The van der Waals surface area contributed by atoms with Gasteiger partial charge in [-0.2, -0.15) is 5.10 Å². The summed E-state index contributed by atoms with van der Waals surface area (Å²) < 4.78 is 0. The van der Waals surface area contributed by atoms with Gasteiger partial charge in [-0.1, -0.05) is 0 Å². The number of halogens is 1. The molecular weight excluding hydrogens is 366 g/mol. The van der Waals surface area contributed by atoms with Crippen LogP contribution in [0.1, 0.15) is 36.0 Å². The molecule has 2 aliphatic rings. The predicted octanol–water partition coefficient (Wildman–Crippen LogP) is 1.69. The molecule has 2 atom stereocenters. The molecule has 27 heavy (non-hydrogen) atoms. The van der Waals surface area contributed by atoms with Gasteiger partial charge in [0, 0.05) is 36.6 Å². The Morgan fingerprint density at radius 3 is 2.93 bits per heavy atom. The van der Waals surface area contributed by atoms with E-state index in [0.29, 0.717) is 31.1 Å². The predicted molar refractivity (Wildman–Crippen MR) is 106 cm³/mol. The van der Waals surface area contributed by atoms with Crippen LogP contribution in [0.25, 0.3) is 10.9 Å². The SMILES string of the molecule is Cl.NC(CNC(=O)C1CCCN(C(=O)c2ccc3[nH]ncc3c2)C1)C1CC1. The van der Waals surface area contributed by atoms with E-state index in [-0.39, 0.29) is 36.2 Å². The zero-order valence-electron chi connectivity index (χ0n) is 15.2. The van der Waals surface area contributed by atoms with Crippen LogP contribution in [0.3, 0.4) is 0 Å². The number of aromatic nitrogens is 2. The number of fused-ring (bicyclic) bond motifs is 1. The van der Waals surface area contributed by atoms with E-state index in [9.17, 15) is 9.59 Å². The van der Waals surface area contributed by atoms with E-state index < -0.39 is 0 Å². The number of carbonyl (C=O) groups excluding carboxylic acids is 2. The van der Waals surface area contributed by atoms with Gasteiger partial charge in [-0.15, -0.1) is 12.4 Å². The first-order valence-corrected chi connectivity index (χ1v) is 9.37. The summed E-state index contributed by atoms with van der Waals surface area (Å²) in [6, 6.07) is 5.57. The van der Waals surface area contributed by atoms with Crippen LogP contribution < -0.4 is 11.1 Å². The smallest absolute Gasteiger partial charge is 0.253 e. The Bertz CT molecular complexity index is 819. The van der Waals surface area contributed by atoms with Gasteiger partial charge in [-0.3, -0.25) is 14.7 Å². The summed E-state index contributed by atoms with van der Waals surface area (Å²) in [5, 5.41) is 10.8. The van der Waals surface area contributed by atoms with Gasteiger partial charge in [0.1, 0.15) is 0 Å². The molecule has 1 aliphatic carbocycles. The number of nitrogens with one attached hydrogen (secondary N) is 2. The Hall–Kier alpha value is -2.12. The van der Waals surface area contributed by atoms with Crippen LogP contribution in [0.4, 0.5) is 0 Å².